The number of aliphatic carboxylic acids is 1. The Labute approximate surface area is 116 Å². The van der Waals surface area contributed by atoms with Gasteiger partial charge in [0.15, 0.2) is 0 Å². The Morgan fingerprint density at radius 1 is 1.45 bits per heavy atom. The number of carbonyl (C=O) groups is 2. The van der Waals surface area contributed by atoms with E-state index in [-0.39, 0.29) is 0 Å². The number of imidazole rings is 1. The third-order valence-corrected chi connectivity index (χ3v) is 3.26. The van der Waals surface area contributed by atoms with Crippen LogP contribution in [0.5, 0.6) is 0 Å². The lowest BCUT2D eigenvalue weighted by atomic mass is 9.96. The molecule has 0 bridgehead atoms. The summed E-state index contributed by atoms with van der Waals surface area (Å²) in [6, 6.07) is 3.35. The standard InChI is InChI=1S/C14H17N3O3/c1-3-6-14(2,13(19)20)16-12(18)10-4-5-11-15-7-8-17(11)9-10/h4-5,7-9H,3,6H2,1-2H3,(H,16,18)(H,19,20). The van der Waals surface area contributed by atoms with Gasteiger partial charge in [0.2, 0.25) is 0 Å². The zero-order valence-corrected chi connectivity index (χ0v) is 11.5. The quantitative estimate of drug-likeness (QED) is 0.870. The molecule has 0 aliphatic rings. The van der Waals surface area contributed by atoms with E-state index in [1.54, 1.807) is 35.1 Å². The Balaban J connectivity index is 2.23. The van der Waals surface area contributed by atoms with Crippen LogP contribution in [0.25, 0.3) is 5.65 Å². The van der Waals surface area contributed by atoms with Crippen LogP contribution in [0.3, 0.4) is 0 Å². The van der Waals surface area contributed by atoms with Crippen molar-refractivity contribution in [3.63, 3.8) is 0 Å². The van der Waals surface area contributed by atoms with E-state index in [0.29, 0.717) is 18.4 Å². The first-order valence-electron chi connectivity index (χ1n) is 6.45. The van der Waals surface area contributed by atoms with E-state index in [4.69, 9.17) is 0 Å². The molecule has 1 amide bonds. The Bertz CT molecular complexity index is 650. The molecule has 2 N–H and O–H groups in total. The van der Waals surface area contributed by atoms with Crippen LogP contribution in [-0.2, 0) is 4.79 Å². The lowest BCUT2D eigenvalue weighted by Gasteiger charge is -2.25. The van der Waals surface area contributed by atoms with E-state index in [1.165, 1.54) is 6.92 Å². The van der Waals surface area contributed by atoms with Crippen molar-refractivity contribution < 1.29 is 14.7 Å². The number of carboxylic acid groups (broad SMARTS) is 1. The second-order valence-electron chi connectivity index (χ2n) is 4.95. The highest BCUT2D eigenvalue weighted by atomic mass is 16.4. The SMILES string of the molecule is CCCC(C)(NC(=O)c1ccc2nccn2c1)C(=O)O. The predicted octanol–water partition coefficient (Wildman–Crippen LogP) is 1.71. The maximum Gasteiger partial charge on any atom is 0.329 e. The Morgan fingerprint density at radius 2 is 2.20 bits per heavy atom. The zero-order chi connectivity index (χ0) is 14.8. The summed E-state index contributed by atoms with van der Waals surface area (Å²) in [5, 5.41) is 11.9. The van der Waals surface area contributed by atoms with Crippen LogP contribution in [-0.4, -0.2) is 31.9 Å². The molecule has 0 aliphatic heterocycles. The average Bonchev–Trinajstić information content (AvgIpc) is 2.85. The summed E-state index contributed by atoms with van der Waals surface area (Å²) >= 11 is 0. The van der Waals surface area contributed by atoms with Gasteiger partial charge in [-0.15, -0.1) is 0 Å². The van der Waals surface area contributed by atoms with Crippen molar-refractivity contribution >= 4 is 17.5 Å². The minimum atomic E-state index is -1.25. The van der Waals surface area contributed by atoms with Gasteiger partial charge in [0.25, 0.3) is 5.91 Å². The van der Waals surface area contributed by atoms with Crippen LogP contribution < -0.4 is 5.32 Å². The molecule has 0 saturated heterocycles. The molecule has 0 aliphatic carbocycles. The number of fused-ring (bicyclic) bond motifs is 1. The van der Waals surface area contributed by atoms with Gasteiger partial charge in [-0.1, -0.05) is 13.3 Å². The van der Waals surface area contributed by atoms with E-state index in [9.17, 15) is 14.7 Å². The van der Waals surface area contributed by atoms with Crippen molar-refractivity contribution in [3.05, 3.63) is 36.3 Å². The van der Waals surface area contributed by atoms with Crippen LogP contribution in [0.4, 0.5) is 0 Å². The van der Waals surface area contributed by atoms with E-state index in [0.717, 1.165) is 5.65 Å². The topological polar surface area (TPSA) is 83.7 Å². The van der Waals surface area contributed by atoms with E-state index in [2.05, 4.69) is 10.3 Å². The summed E-state index contributed by atoms with van der Waals surface area (Å²) in [5.74, 6) is -1.43. The van der Waals surface area contributed by atoms with Crippen molar-refractivity contribution in [2.45, 2.75) is 32.2 Å². The Kier molecular flexibility index (Phi) is 3.74. The number of aromatic nitrogens is 2. The van der Waals surface area contributed by atoms with Crippen molar-refractivity contribution in [1.29, 1.82) is 0 Å². The second kappa shape index (κ2) is 5.32. The third-order valence-electron chi connectivity index (χ3n) is 3.26. The molecule has 1 unspecified atom stereocenters. The smallest absolute Gasteiger partial charge is 0.329 e. The number of nitrogens with one attached hydrogen (secondary N) is 1. The molecule has 2 rings (SSSR count). The fourth-order valence-electron chi connectivity index (χ4n) is 2.10. The maximum atomic E-state index is 12.2. The Hall–Kier alpha value is -2.37. The summed E-state index contributed by atoms with van der Waals surface area (Å²) in [4.78, 5) is 27.6. The molecular formula is C14H17N3O3. The first-order valence-corrected chi connectivity index (χ1v) is 6.45. The number of hydrogen-bond donors (Lipinski definition) is 2. The minimum absolute atomic E-state index is 0.376. The maximum absolute atomic E-state index is 12.2. The van der Waals surface area contributed by atoms with Crippen molar-refractivity contribution in [2.24, 2.45) is 0 Å². The minimum Gasteiger partial charge on any atom is -0.480 e. The molecule has 20 heavy (non-hydrogen) atoms. The molecule has 0 fully saturated rings. The molecule has 1 atom stereocenters. The fourth-order valence-corrected chi connectivity index (χ4v) is 2.10. The number of hydrogen-bond acceptors (Lipinski definition) is 3. The van der Waals surface area contributed by atoms with Crippen molar-refractivity contribution in [2.75, 3.05) is 0 Å². The number of amides is 1. The predicted molar refractivity (Wildman–Crippen MR) is 73.6 cm³/mol. The lowest BCUT2D eigenvalue weighted by molar-refractivity contribution is -0.144. The highest BCUT2D eigenvalue weighted by Gasteiger charge is 2.34. The molecule has 6 heteroatoms. The summed E-state index contributed by atoms with van der Waals surface area (Å²) in [6.45, 7) is 3.40. The average molecular weight is 275 g/mol. The van der Waals surface area contributed by atoms with E-state index < -0.39 is 17.4 Å². The number of rotatable bonds is 5. The van der Waals surface area contributed by atoms with Crippen LogP contribution in [0.2, 0.25) is 0 Å². The second-order valence-corrected chi connectivity index (χ2v) is 4.95. The largest absolute Gasteiger partial charge is 0.480 e. The molecule has 2 aromatic heterocycles. The van der Waals surface area contributed by atoms with E-state index in [1.807, 2.05) is 6.92 Å². The van der Waals surface area contributed by atoms with Crippen LogP contribution in [0.1, 0.15) is 37.0 Å². The molecule has 0 spiro atoms. The summed E-state index contributed by atoms with van der Waals surface area (Å²) in [7, 11) is 0. The molecule has 0 saturated carbocycles. The first kappa shape index (κ1) is 14.0. The number of pyridine rings is 1. The molecule has 0 radical (unpaired) electrons. The van der Waals surface area contributed by atoms with Crippen LogP contribution >= 0.6 is 0 Å². The van der Waals surface area contributed by atoms with Crippen LogP contribution in [0, 0.1) is 0 Å². The molecule has 106 valence electrons. The molecule has 6 nitrogen and oxygen atoms in total. The monoisotopic (exact) mass is 275 g/mol. The van der Waals surface area contributed by atoms with Gasteiger partial charge in [-0.05, 0) is 25.5 Å². The first-order chi connectivity index (χ1) is 9.46. The number of carboxylic acids is 1. The highest BCUT2D eigenvalue weighted by Crippen LogP contribution is 2.14. The zero-order valence-electron chi connectivity index (χ0n) is 11.5. The van der Waals surface area contributed by atoms with Gasteiger partial charge in [-0.2, -0.15) is 0 Å². The van der Waals surface area contributed by atoms with Crippen molar-refractivity contribution in [3.8, 4) is 0 Å². The van der Waals surface area contributed by atoms with Gasteiger partial charge in [-0.25, -0.2) is 9.78 Å². The molecular weight excluding hydrogens is 258 g/mol. The molecule has 2 aromatic rings. The lowest BCUT2D eigenvalue weighted by Crippen LogP contribution is -2.52. The normalized spacial score (nSPS) is 13.9. The van der Waals surface area contributed by atoms with E-state index >= 15 is 0 Å². The fraction of sp³-hybridized carbons (Fsp3) is 0.357. The van der Waals surface area contributed by atoms with Gasteiger partial charge in [0, 0.05) is 18.6 Å². The van der Waals surface area contributed by atoms with Gasteiger partial charge in [-0.3, -0.25) is 4.79 Å². The van der Waals surface area contributed by atoms with Gasteiger partial charge in [0.05, 0.1) is 5.56 Å². The molecule has 0 aromatic carbocycles. The summed E-state index contributed by atoms with van der Waals surface area (Å²) in [5.41, 5.74) is -0.120. The summed E-state index contributed by atoms with van der Waals surface area (Å²) < 4.78 is 1.72. The van der Waals surface area contributed by atoms with Crippen molar-refractivity contribution in [1.82, 2.24) is 14.7 Å². The van der Waals surface area contributed by atoms with Gasteiger partial charge in [0.1, 0.15) is 11.2 Å². The third kappa shape index (κ3) is 2.64. The number of carbonyl (C=O) groups excluding carboxylic acids is 1. The highest BCUT2D eigenvalue weighted by molar-refractivity contribution is 5.97. The summed E-state index contributed by atoms with van der Waals surface area (Å²) in [6.07, 6.45) is 6.04. The molecule has 2 heterocycles. The Morgan fingerprint density at radius 3 is 2.85 bits per heavy atom. The van der Waals surface area contributed by atoms with Crippen LogP contribution in [0.15, 0.2) is 30.7 Å². The van der Waals surface area contributed by atoms with Gasteiger partial charge >= 0.3 is 5.97 Å². The van der Waals surface area contributed by atoms with Gasteiger partial charge < -0.3 is 14.8 Å². The number of nitrogens with zero attached hydrogens (tertiary/aromatic N) is 2.